The molecule has 1 aliphatic heterocycles. The fraction of sp³-hybridized carbons (Fsp3) is 0.462. The number of likely N-dealkylation sites (tertiary alicyclic amines) is 1. The largest absolute Gasteiger partial charge is 0.457 e. The highest BCUT2D eigenvalue weighted by Crippen LogP contribution is 2.31. The van der Waals surface area contributed by atoms with Crippen LogP contribution < -0.4 is 0 Å². The van der Waals surface area contributed by atoms with Crippen LogP contribution in [0.2, 0.25) is 0 Å². The third kappa shape index (κ3) is 2.37. The van der Waals surface area contributed by atoms with E-state index in [2.05, 4.69) is 31.1 Å². The second-order valence-corrected chi connectivity index (χ2v) is 5.62. The highest BCUT2D eigenvalue weighted by Gasteiger charge is 2.32. The van der Waals surface area contributed by atoms with Crippen LogP contribution in [0, 0.1) is 6.92 Å². The first-order valence-electron chi connectivity index (χ1n) is 6.59. The van der Waals surface area contributed by atoms with Crippen molar-refractivity contribution in [3.05, 3.63) is 34.2 Å². The highest BCUT2D eigenvalue weighted by molar-refractivity contribution is 9.10. The Morgan fingerprint density at radius 1 is 1.55 bits per heavy atom. The van der Waals surface area contributed by atoms with Gasteiger partial charge in [-0.05, 0) is 48.2 Å². The van der Waals surface area contributed by atoms with Gasteiger partial charge in [-0.3, -0.25) is 9.89 Å². The Labute approximate surface area is 124 Å². The summed E-state index contributed by atoms with van der Waals surface area (Å²) in [6, 6.07) is 1.62. The van der Waals surface area contributed by atoms with Crippen molar-refractivity contribution >= 4 is 21.8 Å². The summed E-state index contributed by atoms with van der Waals surface area (Å²) in [6.45, 7) is 2.58. The first-order valence-corrected chi connectivity index (χ1v) is 7.39. The van der Waals surface area contributed by atoms with Gasteiger partial charge in [-0.2, -0.15) is 5.10 Å². The molecule has 3 heterocycles. The van der Waals surface area contributed by atoms with E-state index in [1.54, 1.807) is 6.07 Å². The third-order valence-electron chi connectivity index (χ3n) is 3.52. The van der Waals surface area contributed by atoms with Crippen molar-refractivity contribution in [1.29, 1.82) is 0 Å². The Hall–Kier alpha value is -1.63. The molecule has 0 saturated carbocycles. The molecule has 1 atom stereocenters. The van der Waals surface area contributed by atoms with Gasteiger partial charge in [-0.25, -0.2) is 4.98 Å². The van der Waals surface area contributed by atoms with Gasteiger partial charge in [0, 0.05) is 6.54 Å². The number of carbonyl (C=O) groups excluding carboxylic acids is 1. The Morgan fingerprint density at radius 2 is 2.40 bits per heavy atom. The number of amides is 1. The van der Waals surface area contributed by atoms with Gasteiger partial charge in [0.05, 0.1) is 17.9 Å². The summed E-state index contributed by atoms with van der Waals surface area (Å²) >= 11 is 3.26. The molecular formula is C13H15BrN4O2. The number of hydrogen-bond acceptors (Lipinski definition) is 4. The van der Waals surface area contributed by atoms with Crippen LogP contribution in [0.25, 0.3) is 0 Å². The molecule has 0 bridgehead atoms. The van der Waals surface area contributed by atoms with Gasteiger partial charge in [-0.15, -0.1) is 0 Å². The molecule has 1 fully saturated rings. The van der Waals surface area contributed by atoms with E-state index in [0.717, 1.165) is 25.1 Å². The van der Waals surface area contributed by atoms with Crippen LogP contribution in [0.15, 0.2) is 21.4 Å². The number of nitrogens with one attached hydrogen (secondary N) is 1. The smallest absolute Gasteiger partial charge is 0.258 e. The van der Waals surface area contributed by atoms with Gasteiger partial charge in [0.1, 0.15) is 5.82 Å². The van der Waals surface area contributed by atoms with Crippen LogP contribution in [0.1, 0.15) is 47.3 Å². The van der Waals surface area contributed by atoms with Crippen molar-refractivity contribution in [3.63, 3.8) is 0 Å². The van der Waals surface area contributed by atoms with E-state index in [0.29, 0.717) is 22.6 Å². The lowest BCUT2D eigenvalue weighted by Crippen LogP contribution is -2.39. The van der Waals surface area contributed by atoms with Gasteiger partial charge in [-0.1, -0.05) is 0 Å². The summed E-state index contributed by atoms with van der Waals surface area (Å²) in [5, 5.41) is 7.06. The molecule has 3 rings (SSSR count). The topological polar surface area (TPSA) is 75.0 Å². The molecule has 0 spiro atoms. The van der Waals surface area contributed by atoms with Crippen LogP contribution in [0.5, 0.6) is 0 Å². The normalized spacial score (nSPS) is 19.3. The minimum absolute atomic E-state index is 0.0437. The molecule has 7 heteroatoms. The van der Waals surface area contributed by atoms with E-state index >= 15 is 0 Å². The third-order valence-corrected chi connectivity index (χ3v) is 4.14. The number of aryl methyl sites for hydroxylation is 1. The molecule has 0 aromatic carbocycles. The SMILES string of the molecule is Cc1nc([C@@H]2CCCCN2C(=O)c2ccoc2Br)n[nH]1. The monoisotopic (exact) mass is 338 g/mol. The summed E-state index contributed by atoms with van der Waals surface area (Å²) in [7, 11) is 0. The maximum atomic E-state index is 12.6. The number of rotatable bonds is 2. The van der Waals surface area contributed by atoms with Crippen LogP contribution in [0.3, 0.4) is 0 Å². The number of aromatic amines is 1. The molecule has 6 nitrogen and oxygen atoms in total. The zero-order valence-corrected chi connectivity index (χ0v) is 12.7. The van der Waals surface area contributed by atoms with Crippen LogP contribution in [-0.2, 0) is 0 Å². The molecule has 2 aromatic heterocycles. The molecule has 1 N–H and O–H groups in total. The molecule has 2 aromatic rings. The second kappa shape index (κ2) is 5.40. The number of hydrogen-bond donors (Lipinski definition) is 1. The Balaban J connectivity index is 1.89. The first-order chi connectivity index (χ1) is 9.66. The van der Waals surface area contributed by atoms with E-state index in [9.17, 15) is 4.79 Å². The van der Waals surface area contributed by atoms with Crippen molar-refractivity contribution in [1.82, 2.24) is 20.1 Å². The Bertz CT molecular complexity index is 621. The van der Waals surface area contributed by atoms with E-state index in [1.165, 1.54) is 6.26 Å². The number of piperidine rings is 1. The molecule has 1 aliphatic rings. The quantitative estimate of drug-likeness (QED) is 0.913. The van der Waals surface area contributed by atoms with Crippen molar-refractivity contribution < 1.29 is 9.21 Å². The predicted molar refractivity (Wildman–Crippen MR) is 75.2 cm³/mol. The zero-order chi connectivity index (χ0) is 14.1. The van der Waals surface area contributed by atoms with Gasteiger partial charge >= 0.3 is 0 Å². The van der Waals surface area contributed by atoms with Crippen molar-refractivity contribution in [2.75, 3.05) is 6.54 Å². The second-order valence-electron chi connectivity index (χ2n) is 4.90. The maximum Gasteiger partial charge on any atom is 0.258 e. The van der Waals surface area contributed by atoms with Gasteiger partial charge in [0.15, 0.2) is 10.5 Å². The van der Waals surface area contributed by atoms with E-state index < -0.39 is 0 Å². The fourth-order valence-electron chi connectivity index (χ4n) is 2.55. The highest BCUT2D eigenvalue weighted by atomic mass is 79.9. The fourth-order valence-corrected chi connectivity index (χ4v) is 2.96. The Morgan fingerprint density at radius 3 is 3.05 bits per heavy atom. The number of aromatic nitrogens is 3. The summed E-state index contributed by atoms with van der Waals surface area (Å²) in [5.41, 5.74) is 0.546. The van der Waals surface area contributed by atoms with Gasteiger partial charge in [0.25, 0.3) is 5.91 Å². The molecule has 1 saturated heterocycles. The predicted octanol–water partition coefficient (Wildman–Crippen LogP) is 2.84. The number of carbonyl (C=O) groups is 1. The zero-order valence-electron chi connectivity index (χ0n) is 11.1. The average Bonchev–Trinajstić information content (AvgIpc) is 3.07. The maximum absolute atomic E-state index is 12.6. The minimum Gasteiger partial charge on any atom is -0.457 e. The van der Waals surface area contributed by atoms with E-state index in [1.807, 2.05) is 11.8 Å². The van der Waals surface area contributed by atoms with E-state index in [-0.39, 0.29) is 11.9 Å². The van der Waals surface area contributed by atoms with E-state index in [4.69, 9.17) is 4.42 Å². The average molecular weight is 339 g/mol. The lowest BCUT2D eigenvalue weighted by Gasteiger charge is -2.33. The molecule has 20 heavy (non-hydrogen) atoms. The summed E-state index contributed by atoms with van der Waals surface area (Å²) in [5.74, 6) is 1.41. The van der Waals surface area contributed by atoms with Crippen LogP contribution in [-0.4, -0.2) is 32.5 Å². The first kappa shape index (κ1) is 13.4. The molecule has 106 valence electrons. The lowest BCUT2D eigenvalue weighted by molar-refractivity contribution is 0.0598. The number of H-pyrrole nitrogens is 1. The Kier molecular flexibility index (Phi) is 3.60. The minimum atomic E-state index is -0.0667. The molecule has 0 aliphatic carbocycles. The van der Waals surface area contributed by atoms with Crippen molar-refractivity contribution in [2.45, 2.75) is 32.2 Å². The standard InChI is InChI=1S/C13H15BrN4O2/c1-8-15-12(17-16-8)10-4-2-3-6-18(10)13(19)9-5-7-20-11(9)14/h5,7,10H,2-4,6H2,1H3,(H,15,16,17)/t10-/m0/s1. The van der Waals surface area contributed by atoms with Crippen LogP contribution in [0.4, 0.5) is 0 Å². The number of nitrogens with zero attached hydrogens (tertiary/aromatic N) is 3. The summed E-state index contributed by atoms with van der Waals surface area (Å²) < 4.78 is 5.62. The van der Waals surface area contributed by atoms with Crippen molar-refractivity contribution in [3.8, 4) is 0 Å². The molecule has 1 amide bonds. The number of halogens is 1. The van der Waals surface area contributed by atoms with Crippen molar-refractivity contribution in [2.24, 2.45) is 0 Å². The van der Waals surface area contributed by atoms with Gasteiger partial charge < -0.3 is 9.32 Å². The molecule has 0 radical (unpaired) electrons. The summed E-state index contributed by atoms with van der Waals surface area (Å²) in [6.07, 6.45) is 4.47. The molecular weight excluding hydrogens is 324 g/mol. The van der Waals surface area contributed by atoms with Gasteiger partial charge in [0.2, 0.25) is 0 Å². The van der Waals surface area contributed by atoms with Crippen LogP contribution >= 0.6 is 15.9 Å². The summed E-state index contributed by atoms with van der Waals surface area (Å²) in [4.78, 5) is 18.9. The molecule has 0 unspecified atom stereocenters. The lowest BCUT2D eigenvalue weighted by atomic mass is 10.0. The number of furan rings is 1.